The molecule has 200 valence electrons. The molecule has 1 saturated heterocycles. The molecule has 2 aliphatic rings. The van der Waals surface area contributed by atoms with E-state index < -0.39 is 10.0 Å². The number of rotatable bonds is 9. The Morgan fingerprint density at radius 3 is 2.84 bits per heavy atom. The molecule has 1 fully saturated rings. The van der Waals surface area contributed by atoms with Crippen molar-refractivity contribution in [2.45, 2.75) is 38.8 Å². The van der Waals surface area contributed by atoms with Crippen LogP contribution >= 0.6 is 0 Å². The highest BCUT2D eigenvalue weighted by Crippen LogP contribution is 2.36. The fourth-order valence-corrected chi connectivity index (χ4v) is 6.54. The first kappa shape index (κ1) is 26.3. The van der Waals surface area contributed by atoms with Crippen LogP contribution in [0.4, 0.5) is 0 Å². The first-order chi connectivity index (χ1) is 18.3. The Kier molecular flexibility index (Phi) is 7.76. The minimum Gasteiger partial charge on any atom is -0.490 e. The minimum absolute atomic E-state index is 0.0496. The van der Waals surface area contributed by atoms with Gasteiger partial charge in [0, 0.05) is 55.8 Å². The van der Waals surface area contributed by atoms with Crippen molar-refractivity contribution in [3.63, 3.8) is 0 Å². The molecular weight excluding hydrogens is 504 g/mol. The van der Waals surface area contributed by atoms with Gasteiger partial charge in [-0.3, -0.25) is 4.90 Å². The van der Waals surface area contributed by atoms with Crippen LogP contribution in [0.25, 0.3) is 22.8 Å². The van der Waals surface area contributed by atoms with Crippen molar-refractivity contribution in [2.24, 2.45) is 0 Å². The molecule has 0 saturated carbocycles. The maximum atomic E-state index is 12.9. The number of hydrogen-bond acceptors (Lipinski definition) is 9. The molecule has 11 heteroatoms. The molecule has 1 aliphatic heterocycles. The molecule has 5 rings (SSSR count). The molecule has 1 atom stereocenters. The molecule has 38 heavy (non-hydrogen) atoms. The second kappa shape index (κ2) is 11.2. The van der Waals surface area contributed by atoms with Gasteiger partial charge in [-0.25, -0.2) is 4.72 Å². The highest BCUT2D eigenvalue weighted by Gasteiger charge is 2.33. The summed E-state index contributed by atoms with van der Waals surface area (Å²) < 4.78 is 38.6. The van der Waals surface area contributed by atoms with Gasteiger partial charge in [-0.15, -0.1) is 0 Å². The van der Waals surface area contributed by atoms with E-state index >= 15 is 0 Å². The zero-order chi connectivity index (χ0) is 26.7. The Labute approximate surface area is 223 Å². The maximum Gasteiger partial charge on any atom is 0.295 e. The normalized spacial score (nSPS) is 17.9. The zero-order valence-corrected chi connectivity index (χ0v) is 22.5. The van der Waals surface area contributed by atoms with E-state index in [4.69, 9.17) is 9.26 Å². The molecule has 1 aromatic heterocycles. The number of nitrogens with zero attached hydrogens (tertiary/aromatic N) is 4. The van der Waals surface area contributed by atoms with Gasteiger partial charge in [-0.2, -0.15) is 18.7 Å². The summed E-state index contributed by atoms with van der Waals surface area (Å²) >= 11 is 0. The Hall–Kier alpha value is -3.30. The van der Waals surface area contributed by atoms with Crippen molar-refractivity contribution in [1.29, 1.82) is 5.26 Å². The number of quaternary nitrogens is 1. The van der Waals surface area contributed by atoms with Gasteiger partial charge in [-0.1, -0.05) is 23.4 Å². The predicted molar refractivity (Wildman–Crippen MR) is 142 cm³/mol. The summed E-state index contributed by atoms with van der Waals surface area (Å²) in [4.78, 5) is 6.80. The third-order valence-corrected chi connectivity index (χ3v) is 8.46. The van der Waals surface area contributed by atoms with Gasteiger partial charge in [0.1, 0.15) is 23.6 Å². The van der Waals surface area contributed by atoms with E-state index in [2.05, 4.69) is 26.4 Å². The highest BCUT2D eigenvalue weighted by atomic mass is 32.2. The van der Waals surface area contributed by atoms with E-state index in [1.807, 2.05) is 32.0 Å². The molecule has 2 heterocycles. The molecule has 0 bridgehead atoms. The maximum absolute atomic E-state index is 12.9. The summed E-state index contributed by atoms with van der Waals surface area (Å²) in [7, 11) is -3.31. The zero-order valence-electron chi connectivity index (χ0n) is 21.7. The van der Waals surface area contributed by atoms with Crippen molar-refractivity contribution in [2.75, 3.05) is 38.5 Å². The summed E-state index contributed by atoms with van der Waals surface area (Å²) in [6.07, 6.45) is 1.42. The van der Waals surface area contributed by atoms with Gasteiger partial charge < -0.3 is 14.6 Å². The smallest absolute Gasteiger partial charge is 0.295 e. The van der Waals surface area contributed by atoms with Crippen LogP contribution in [-0.2, 0) is 16.4 Å². The summed E-state index contributed by atoms with van der Waals surface area (Å²) in [5.41, 5.74) is 3.92. The minimum atomic E-state index is -3.31. The van der Waals surface area contributed by atoms with Gasteiger partial charge in [0.15, 0.2) is 0 Å². The van der Waals surface area contributed by atoms with E-state index in [0.29, 0.717) is 35.1 Å². The number of nitriles is 1. The Morgan fingerprint density at radius 1 is 1.26 bits per heavy atom. The van der Waals surface area contributed by atoms with E-state index in [9.17, 15) is 13.7 Å². The number of sulfonamides is 1. The fourth-order valence-electron chi connectivity index (χ4n) is 5.10. The third-order valence-electron chi connectivity index (χ3n) is 6.97. The number of aromatic nitrogens is 2. The summed E-state index contributed by atoms with van der Waals surface area (Å²) in [5, 5.41) is 17.0. The van der Waals surface area contributed by atoms with Crippen molar-refractivity contribution < 1.29 is 22.4 Å². The van der Waals surface area contributed by atoms with Crippen LogP contribution in [0.5, 0.6) is 5.75 Å². The van der Waals surface area contributed by atoms with E-state index in [0.717, 1.165) is 55.7 Å². The Morgan fingerprint density at radius 2 is 2.08 bits per heavy atom. The van der Waals surface area contributed by atoms with Crippen LogP contribution < -0.4 is 14.8 Å². The monoisotopic (exact) mass is 537 g/mol. The molecular formula is C27H33N6O4S+. The standard InChI is InChI=1S/C27H32N6O4S/c1-18(2)36-25-9-6-19(16-20(25)17-28)27-30-26(31-37-27)23-5-3-4-22-21(23)7-8-24(22)32-38(34,35)15-14-33-12-10-29-11-13-33/h3-6,9,16,18,24,29,32H,7-8,10-15H2,1-2H3/p+1. The van der Waals surface area contributed by atoms with Crippen LogP contribution in [0.3, 0.4) is 0 Å². The second-order valence-corrected chi connectivity index (χ2v) is 12.0. The number of piperazine rings is 1. The number of nitrogens with one attached hydrogen (secondary N) is 1. The molecule has 1 aliphatic carbocycles. The highest BCUT2D eigenvalue weighted by molar-refractivity contribution is 7.84. The van der Waals surface area contributed by atoms with Crippen LogP contribution in [0, 0.1) is 11.3 Å². The average Bonchev–Trinajstić information content (AvgIpc) is 3.56. The average molecular weight is 538 g/mol. The fraction of sp³-hybridized carbons (Fsp3) is 0.444. The van der Waals surface area contributed by atoms with Crippen LogP contribution in [0.1, 0.15) is 43.0 Å². The third kappa shape index (κ3) is 5.89. The Balaban J connectivity index is 1.32. The van der Waals surface area contributed by atoms with Crippen LogP contribution in [0.15, 0.2) is 40.9 Å². The van der Waals surface area contributed by atoms with Crippen molar-refractivity contribution in [3.8, 4) is 34.7 Å². The topological polar surface area (TPSA) is 138 Å². The lowest BCUT2D eigenvalue weighted by Gasteiger charge is -2.26. The molecule has 0 radical (unpaired) electrons. The molecule has 3 N–H and O–H groups in total. The largest absolute Gasteiger partial charge is 0.490 e. The molecule has 0 amide bonds. The van der Waals surface area contributed by atoms with Crippen molar-refractivity contribution in [1.82, 2.24) is 20.4 Å². The number of benzene rings is 2. The number of ether oxygens (including phenoxy) is 1. The van der Waals surface area contributed by atoms with Gasteiger partial charge >= 0.3 is 0 Å². The summed E-state index contributed by atoms with van der Waals surface area (Å²) in [6.45, 7) is 7.93. The second-order valence-electron chi connectivity index (χ2n) is 10.0. The Bertz CT molecular complexity index is 1440. The number of fused-ring (bicyclic) bond motifs is 1. The quantitative estimate of drug-likeness (QED) is 0.419. The molecule has 3 aromatic rings. The number of hydrogen-bond donors (Lipinski definition) is 2. The van der Waals surface area contributed by atoms with Crippen LogP contribution in [0.2, 0.25) is 0 Å². The van der Waals surface area contributed by atoms with Crippen LogP contribution in [-0.4, -0.2) is 68.0 Å². The van der Waals surface area contributed by atoms with Gasteiger partial charge in [0.2, 0.25) is 5.82 Å². The summed E-state index contributed by atoms with van der Waals surface area (Å²) in [6, 6.07) is 13.1. The first-order valence-corrected chi connectivity index (χ1v) is 14.7. The number of nitrogens with two attached hydrogens (primary N) is 1. The van der Waals surface area contributed by atoms with E-state index in [1.165, 1.54) is 4.72 Å². The van der Waals surface area contributed by atoms with Gasteiger partial charge in [-0.05, 0) is 44.0 Å². The molecule has 1 unspecified atom stereocenters. The van der Waals surface area contributed by atoms with E-state index in [1.54, 1.807) is 18.2 Å². The lowest BCUT2D eigenvalue weighted by molar-refractivity contribution is -0.546. The van der Waals surface area contributed by atoms with E-state index in [-0.39, 0.29) is 17.9 Å². The van der Waals surface area contributed by atoms with Gasteiger partial charge in [0.05, 0.1) is 11.7 Å². The first-order valence-electron chi connectivity index (χ1n) is 13.0. The van der Waals surface area contributed by atoms with Gasteiger partial charge in [0.25, 0.3) is 15.9 Å². The number of primary sulfonamides is 1. The molecule has 0 spiro atoms. The molecule has 2 aromatic carbocycles. The van der Waals surface area contributed by atoms with Crippen molar-refractivity contribution in [3.05, 3.63) is 53.1 Å². The lowest BCUT2D eigenvalue weighted by Crippen LogP contribution is -2.88. The molecule has 10 nitrogen and oxygen atoms in total. The lowest BCUT2D eigenvalue weighted by atomic mass is 10.0. The van der Waals surface area contributed by atoms with Crippen molar-refractivity contribution >= 4 is 10.0 Å². The summed E-state index contributed by atoms with van der Waals surface area (Å²) in [5.74, 6) is 1.40. The predicted octanol–water partition coefficient (Wildman–Crippen LogP) is 1.85. The SMILES string of the molecule is CC(C)Oc1ccc(-c2nc(-c3cccc4c3CCC4[NH2+]S(=O)(=O)CCN3CCNCC3)no2)cc1C#N.